The Kier molecular flexibility index (Phi) is 4.35. The van der Waals surface area contributed by atoms with E-state index in [0.717, 1.165) is 37.0 Å². The minimum atomic E-state index is -0.226. The second-order valence-corrected chi connectivity index (χ2v) is 7.78. The Morgan fingerprint density at radius 1 is 1.19 bits per heavy atom. The van der Waals surface area contributed by atoms with Crippen molar-refractivity contribution in [1.29, 1.82) is 0 Å². The number of hydrogen-bond donors (Lipinski definition) is 1. The molecule has 4 heteroatoms. The number of aryl methyl sites for hydroxylation is 1. The molecule has 2 aromatic rings. The lowest BCUT2D eigenvalue weighted by Crippen LogP contribution is -2.34. The van der Waals surface area contributed by atoms with Crippen molar-refractivity contribution in [3.8, 4) is 11.5 Å². The van der Waals surface area contributed by atoms with E-state index in [1.54, 1.807) is 0 Å². The zero-order valence-electron chi connectivity index (χ0n) is 15.4. The lowest BCUT2D eigenvalue weighted by Gasteiger charge is -2.26. The van der Waals surface area contributed by atoms with Crippen LogP contribution in [0.5, 0.6) is 11.5 Å². The van der Waals surface area contributed by atoms with Gasteiger partial charge in [-0.25, -0.2) is 0 Å². The topological polar surface area (TPSA) is 47.6 Å². The first kappa shape index (κ1) is 17.0. The normalized spacial score (nSPS) is 19.8. The first-order valence-corrected chi connectivity index (χ1v) is 9.33. The minimum absolute atomic E-state index is 0.00108. The first-order valence-electron chi connectivity index (χ1n) is 9.33. The molecule has 0 saturated heterocycles. The van der Waals surface area contributed by atoms with Crippen LogP contribution in [0.25, 0.3) is 0 Å². The second kappa shape index (κ2) is 6.67. The zero-order valence-corrected chi connectivity index (χ0v) is 15.4. The molecular weight excluding hydrogens is 326 g/mol. The third kappa shape index (κ3) is 3.41. The molecule has 0 spiro atoms. The Morgan fingerprint density at radius 3 is 2.88 bits per heavy atom. The van der Waals surface area contributed by atoms with E-state index in [0.29, 0.717) is 5.75 Å². The maximum atomic E-state index is 12.4. The van der Waals surface area contributed by atoms with Crippen LogP contribution in [0.1, 0.15) is 49.4 Å². The predicted molar refractivity (Wildman–Crippen MR) is 101 cm³/mol. The van der Waals surface area contributed by atoms with E-state index in [4.69, 9.17) is 9.47 Å². The molecule has 1 amide bonds. The quantitative estimate of drug-likeness (QED) is 0.907. The van der Waals surface area contributed by atoms with Gasteiger partial charge in [0.15, 0.2) is 18.1 Å². The van der Waals surface area contributed by atoms with Crippen LogP contribution in [-0.4, -0.2) is 18.1 Å². The van der Waals surface area contributed by atoms with Crippen LogP contribution in [0.3, 0.4) is 0 Å². The number of benzene rings is 2. The highest BCUT2D eigenvalue weighted by molar-refractivity contribution is 5.78. The van der Waals surface area contributed by atoms with Crippen molar-refractivity contribution in [3.63, 3.8) is 0 Å². The van der Waals surface area contributed by atoms with Gasteiger partial charge in [0.2, 0.25) is 0 Å². The van der Waals surface area contributed by atoms with Crippen molar-refractivity contribution in [1.82, 2.24) is 5.32 Å². The fraction of sp³-hybridized carbons (Fsp3) is 0.409. The van der Waals surface area contributed by atoms with Gasteiger partial charge < -0.3 is 14.8 Å². The summed E-state index contributed by atoms with van der Waals surface area (Å²) in [5, 5.41) is 3.12. The number of carbonyl (C=O) groups excluding carboxylic acids is 1. The third-order valence-electron chi connectivity index (χ3n) is 5.12. The summed E-state index contributed by atoms with van der Waals surface area (Å²) in [5.41, 5.74) is 3.48. The summed E-state index contributed by atoms with van der Waals surface area (Å²) in [5.74, 6) is 1.32. The average molecular weight is 351 g/mol. The van der Waals surface area contributed by atoms with Crippen LogP contribution in [-0.2, 0) is 17.6 Å². The summed E-state index contributed by atoms with van der Waals surface area (Å²) in [6, 6.07) is 14.3. The number of hydrogen-bond acceptors (Lipinski definition) is 3. The summed E-state index contributed by atoms with van der Waals surface area (Å²) in [7, 11) is 0. The Morgan fingerprint density at radius 2 is 2.00 bits per heavy atom. The van der Waals surface area contributed by atoms with E-state index >= 15 is 0 Å². The van der Waals surface area contributed by atoms with E-state index in [-0.39, 0.29) is 24.2 Å². The number of nitrogens with one attached hydrogen (secondary N) is 1. The number of fused-ring (bicyclic) bond motifs is 2. The molecule has 0 aromatic heterocycles. The predicted octanol–water partition coefficient (Wildman–Crippen LogP) is 3.97. The largest absolute Gasteiger partial charge is 0.483 e. The number of ether oxygens (including phenoxy) is 2. The molecule has 2 aromatic carbocycles. The van der Waals surface area contributed by atoms with Gasteiger partial charge in [-0.2, -0.15) is 0 Å². The molecule has 0 unspecified atom stereocenters. The number of amides is 1. The minimum Gasteiger partial charge on any atom is -0.483 e. The van der Waals surface area contributed by atoms with E-state index in [1.807, 2.05) is 18.2 Å². The molecule has 1 aliphatic heterocycles. The highest BCUT2D eigenvalue weighted by Gasteiger charge is 2.32. The highest BCUT2D eigenvalue weighted by atomic mass is 16.5. The molecule has 136 valence electrons. The lowest BCUT2D eigenvalue weighted by atomic mass is 9.88. The van der Waals surface area contributed by atoms with Crippen molar-refractivity contribution < 1.29 is 14.3 Å². The summed E-state index contributed by atoms with van der Waals surface area (Å²) < 4.78 is 11.8. The van der Waals surface area contributed by atoms with Crippen molar-refractivity contribution in [2.24, 2.45) is 0 Å². The van der Waals surface area contributed by atoms with Crippen LogP contribution in [0.15, 0.2) is 42.5 Å². The molecule has 0 fully saturated rings. The van der Waals surface area contributed by atoms with E-state index < -0.39 is 0 Å². The molecule has 1 heterocycles. The summed E-state index contributed by atoms with van der Waals surface area (Å²) in [4.78, 5) is 12.4. The van der Waals surface area contributed by atoms with Crippen LogP contribution in [0, 0.1) is 0 Å². The smallest absolute Gasteiger partial charge is 0.258 e. The molecule has 1 atom stereocenters. The van der Waals surface area contributed by atoms with Gasteiger partial charge in [0, 0.05) is 12.0 Å². The Labute approximate surface area is 154 Å². The van der Waals surface area contributed by atoms with Crippen molar-refractivity contribution in [2.75, 3.05) is 6.61 Å². The molecule has 0 radical (unpaired) electrons. The third-order valence-corrected chi connectivity index (χ3v) is 5.12. The van der Waals surface area contributed by atoms with E-state index in [2.05, 4.69) is 43.4 Å². The van der Waals surface area contributed by atoms with Gasteiger partial charge in [-0.05, 0) is 50.3 Å². The Bertz CT molecular complexity index is 828. The van der Waals surface area contributed by atoms with Crippen molar-refractivity contribution in [2.45, 2.75) is 51.2 Å². The summed E-state index contributed by atoms with van der Waals surface area (Å²) in [6.45, 7) is 4.12. The summed E-state index contributed by atoms with van der Waals surface area (Å²) >= 11 is 0. The number of rotatable bonds is 4. The zero-order chi connectivity index (χ0) is 18.1. The molecule has 0 saturated carbocycles. The molecule has 4 rings (SSSR count). The van der Waals surface area contributed by atoms with Crippen molar-refractivity contribution in [3.05, 3.63) is 59.2 Å². The molecule has 1 N–H and O–H groups in total. The lowest BCUT2D eigenvalue weighted by molar-refractivity contribution is -0.124. The van der Waals surface area contributed by atoms with Crippen molar-refractivity contribution >= 4 is 5.91 Å². The molecule has 4 nitrogen and oxygen atoms in total. The Balaban J connectivity index is 1.40. The molecular formula is C22H25NO3. The Hall–Kier alpha value is -2.49. The number of para-hydroxylation sites is 1. The van der Waals surface area contributed by atoms with Gasteiger partial charge in [-0.1, -0.05) is 36.4 Å². The van der Waals surface area contributed by atoms with Crippen LogP contribution in [0.2, 0.25) is 0 Å². The van der Waals surface area contributed by atoms with E-state index in [1.165, 1.54) is 11.1 Å². The SMILES string of the molecule is CC1(C)Cc2cccc(OCC(=O)N[C@H]3CCCc4ccccc43)c2O1. The maximum Gasteiger partial charge on any atom is 0.258 e. The van der Waals surface area contributed by atoms with Gasteiger partial charge in [0.1, 0.15) is 5.60 Å². The van der Waals surface area contributed by atoms with Crippen LogP contribution >= 0.6 is 0 Å². The van der Waals surface area contributed by atoms with Crippen LogP contribution in [0.4, 0.5) is 0 Å². The van der Waals surface area contributed by atoms with Gasteiger partial charge in [-0.15, -0.1) is 0 Å². The fourth-order valence-corrected chi connectivity index (χ4v) is 3.98. The van der Waals surface area contributed by atoms with E-state index in [9.17, 15) is 4.79 Å². The maximum absolute atomic E-state index is 12.4. The van der Waals surface area contributed by atoms with Gasteiger partial charge >= 0.3 is 0 Å². The highest BCUT2D eigenvalue weighted by Crippen LogP contribution is 2.41. The summed E-state index contributed by atoms with van der Waals surface area (Å²) in [6.07, 6.45) is 4.01. The fourth-order valence-electron chi connectivity index (χ4n) is 3.98. The average Bonchev–Trinajstić information content (AvgIpc) is 2.94. The molecule has 0 bridgehead atoms. The standard InChI is InChI=1S/C22H25NO3/c1-22(2)13-16-9-6-12-19(21(16)26-22)25-14-20(24)23-18-11-5-8-15-7-3-4-10-17(15)18/h3-4,6-7,9-10,12,18H,5,8,11,13-14H2,1-2H3,(H,23,24)/t18-/m0/s1. The van der Waals surface area contributed by atoms with Gasteiger partial charge in [0.25, 0.3) is 5.91 Å². The second-order valence-electron chi connectivity index (χ2n) is 7.78. The first-order chi connectivity index (χ1) is 12.5. The van der Waals surface area contributed by atoms with Gasteiger partial charge in [0.05, 0.1) is 6.04 Å². The monoisotopic (exact) mass is 351 g/mol. The molecule has 1 aliphatic carbocycles. The molecule has 2 aliphatic rings. The number of carbonyl (C=O) groups is 1. The molecule has 26 heavy (non-hydrogen) atoms. The van der Waals surface area contributed by atoms with Gasteiger partial charge in [-0.3, -0.25) is 4.79 Å². The van der Waals surface area contributed by atoms with Crippen LogP contribution < -0.4 is 14.8 Å².